The highest BCUT2D eigenvalue weighted by Crippen LogP contribution is 2.22. The van der Waals surface area contributed by atoms with Crippen LogP contribution in [0.25, 0.3) is 5.65 Å². The van der Waals surface area contributed by atoms with Gasteiger partial charge in [0.2, 0.25) is 0 Å². The SMILES string of the molecule is Cc1cccn2cc(CCNC(N)=NCc3ccc(OC(F)(F)F)cc3)nc12. The second kappa shape index (κ2) is 8.20. The predicted molar refractivity (Wildman–Crippen MR) is 100 cm³/mol. The van der Waals surface area contributed by atoms with E-state index in [0.29, 0.717) is 13.0 Å². The lowest BCUT2D eigenvalue weighted by Gasteiger charge is -2.09. The minimum atomic E-state index is -4.70. The number of nitrogens with two attached hydrogens (primary N) is 1. The Labute approximate surface area is 159 Å². The number of hydrogen-bond acceptors (Lipinski definition) is 3. The number of nitrogens with one attached hydrogen (secondary N) is 1. The van der Waals surface area contributed by atoms with E-state index in [-0.39, 0.29) is 18.3 Å². The van der Waals surface area contributed by atoms with Crippen LogP contribution in [0.15, 0.2) is 53.8 Å². The summed E-state index contributed by atoms with van der Waals surface area (Å²) >= 11 is 0. The third-order valence-electron chi connectivity index (χ3n) is 4.00. The van der Waals surface area contributed by atoms with Gasteiger partial charge in [-0.05, 0) is 36.2 Å². The first kappa shape index (κ1) is 19.5. The van der Waals surface area contributed by atoms with E-state index >= 15 is 0 Å². The summed E-state index contributed by atoms with van der Waals surface area (Å²) in [6.07, 6.45) is -0.0938. The van der Waals surface area contributed by atoms with E-state index < -0.39 is 6.36 Å². The molecule has 3 rings (SSSR count). The van der Waals surface area contributed by atoms with Crippen LogP contribution in [-0.4, -0.2) is 28.3 Å². The number of pyridine rings is 1. The lowest BCUT2D eigenvalue weighted by molar-refractivity contribution is -0.274. The molecule has 0 unspecified atom stereocenters. The molecule has 3 aromatic rings. The highest BCUT2D eigenvalue weighted by molar-refractivity contribution is 5.77. The van der Waals surface area contributed by atoms with Crippen LogP contribution in [0, 0.1) is 6.92 Å². The standard InChI is InChI=1S/C19H20F3N5O/c1-13-3-2-10-27-12-15(26-17(13)27)8-9-24-18(23)25-11-14-4-6-16(7-5-14)28-19(20,21)22/h2-7,10,12H,8-9,11H2,1H3,(H3,23,24,25). The molecule has 0 aliphatic carbocycles. The van der Waals surface area contributed by atoms with Gasteiger partial charge in [-0.2, -0.15) is 0 Å². The number of aryl methyl sites for hydroxylation is 1. The maximum Gasteiger partial charge on any atom is 0.573 e. The van der Waals surface area contributed by atoms with Gasteiger partial charge in [-0.1, -0.05) is 18.2 Å². The minimum Gasteiger partial charge on any atom is -0.406 e. The number of aliphatic imine (C=N–C) groups is 1. The molecule has 0 radical (unpaired) electrons. The summed E-state index contributed by atoms with van der Waals surface area (Å²) in [6, 6.07) is 9.49. The maximum atomic E-state index is 12.1. The van der Waals surface area contributed by atoms with Crippen LogP contribution in [0.3, 0.4) is 0 Å². The summed E-state index contributed by atoms with van der Waals surface area (Å²) in [6.45, 7) is 2.83. The van der Waals surface area contributed by atoms with Crippen molar-refractivity contribution in [2.24, 2.45) is 10.7 Å². The molecule has 3 N–H and O–H groups in total. The molecule has 28 heavy (non-hydrogen) atoms. The monoisotopic (exact) mass is 391 g/mol. The van der Waals surface area contributed by atoms with Crippen LogP contribution in [0.5, 0.6) is 5.75 Å². The summed E-state index contributed by atoms with van der Waals surface area (Å²) in [5, 5.41) is 3.01. The fourth-order valence-electron chi connectivity index (χ4n) is 2.67. The average molecular weight is 391 g/mol. The molecule has 0 fully saturated rings. The number of imidazole rings is 1. The first-order valence-electron chi connectivity index (χ1n) is 8.62. The van der Waals surface area contributed by atoms with Gasteiger partial charge in [0.25, 0.3) is 0 Å². The Bertz CT molecular complexity index is 964. The van der Waals surface area contributed by atoms with Crippen molar-refractivity contribution in [2.45, 2.75) is 26.3 Å². The minimum absolute atomic E-state index is 0.249. The predicted octanol–water partition coefficient (Wildman–Crippen LogP) is 3.19. The van der Waals surface area contributed by atoms with Crippen molar-refractivity contribution in [3.05, 3.63) is 65.6 Å². The zero-order chi connectivity index (χ0) is 20.1. The third-order valence-corrected chi connectivity index (χ3v) is 4.00. The molecular weight excluding hydrogens is 371 g/mol. The fraction of sp³-hybridized carbons (Fsp3) is 0.263. The van der Waals surface area contributed by atoms with Crippen molar-refractivity contribution >= 4 is 11.6 Å². The maximum absolute atomic E-state index is 12.1. The zero-order valence-corrected chi connectivity index (χ0v) is 15.2. The number of rotatable bonds is 6. The smallest absolute Gasteiger partial charge is 0.406 e. The summed E-state index contributed by atoms with van der Waals surface area (Å²) in [7, 11) is 0. The van der Waals surface area contributed by atoms with Gasteiger partial charge in [-0.25, -0.2) is 9.98 Å². The number of nitrogens with zero attached hydrogens (tertiary/aromatic N) is 3. The number of guanidine groups is 1. The quantitative estimate of drug-likeness (QED) is 0.500. The first-order chi connectivity index (χ1) is 13.3. The van der Waals surface area contributed by atoms with Gasteiger partial charge in [0, 0.05) is 25.4 Å². The van der Waals surface area contributed by atoms with Gasteiger partial charge >= 0.3 is 6.36 Å². The van der Waals surface area contributed by atoms with Crippen molar-refractivity contribution < 1.29 is 17.9 Å². The number of fused-ring (bicyclic) bond motifs is 1. The van der Waals surface area contributed by atoms with Crippen LogP contribution in [0.4, 0.5) is 13.2 Å². The van der Waals surface area contributed by atoms with Crippen molar-refractivity contribution in [3.63, 3.8) is 0 Å². The van der Waals surface area contributed by atoms with Gasteiger partial charge in [-0.15, -0.1) is 13.2 Å². The molecule has 0 aliphatic rings. The second-order valence-electron chi connectivity index (χ2n) is 6.22. The number of alkyl halides is 3. The van der Waals surface area contributed by atoms with E-state index in [0.717, 1.165) is 22.5 Å². The van der Waals surface area contributed by atoms with Crippen molar-refractivity contribution in [3.8, 4) is 5.75 Å². The summed E-state index contributed by atoms with van der Waals surface area (Å²) < 4.78 is 42.2. The molecule has 1 aromatic carbocycles. The first-order valence-corrected chi connectivity index (χ1v) is 8.62. The van der Waals surface area contributed by atoms with E-state index in [1.165, 1.54) is 24.3 Å². The molecule has 0 atom stereocenters. The van der Waals surface area contributed by atoms with E-state index in [2.05, 4.69) is 20.0 Å². The molecule has 9 heteroatoms. The number of halogens is 3. The Morgan fingerprint density at radius 2 is 2.00 bits per heavy atom. The molecule has 2 aromatic heterocycles. The highest BCUT2D eigenvalue weighted by atomic mass is 19.4. The lowest BCUT2D eigenvalue weighted by atomic mass is 10.2. The molecule has 0 spiro atoms. The molecule has 0 bridgehead atoms. The summed E-state index contributed by atoms with van der Waals surface area (Å²) in [5.74, 6) is -0.00965. The van der Waals surface area contributed by atoms with Crippen LogP contribution in [0.2, 0.25) is 0 Å². The van der Waals surface area contributed by atoms with Gasteiger partial charge < -0.3 is 20.2 Å². The molecular formula is C19H20F3N5O. The van der Waals surface area contributed by atoms with E-state index in [4.69, 9.17) is 5.73 Å². The Kier molecular flexibility index (Phi) is 5.72. The summed E-state index contributed by atoms with van der Waals surface area (Å²) in [4.78, 5) is 8.77. The van der Waals surface area contributed by atoms with Gasteiger partial charge in [0.15, 0.2) is 5.96 Å². The molecule has 2 heterocycles. The molecule has 148 valence electrons. The Hall–Kier alpha value is -3.23. The van der Waals surface area contributed by atoms with Crippen LogP contribution < -0.4 is 15.8 Å². The summed E-state index contributed by atoms with van der Waals surface area (Å²) in [5.41, 5.74) is 9.53. The molecule has 0 amide bonds. The van der Waals surface area contributed by atoms with Gasteiger partial charge in [-0.3, -0.25) is 0 Å². The second-order valence-corrected chi connectivity index (χ2v) is 6.22. The number of hydrogen-bond donors (Lipinski definition) is 2. The molecule has 0 saturated carbocycles. The Morgan fingerprint density at radius 1 is 1.25 bits per heavy atom. The Balaban J connectivity index is 1.48. The molecule has 0 aliphatic heterocycles. The largest absolute Gasteiger partial charge is 0.573 e. The molecule has 6 nitrogen and oxygen atoms in total. The van der Waals surface area contributed by atoms with Gasteiger partial charge in [0.1, 0.15) is 11.4 Å². The van der Waals surface area contributed by atoms with Crippen LogP contribution in [-0.2, 0) is 13.0 Å². The normalized spacial score (nSPS) is 12.4. The van der Waals surface area contributed by atoms with Crippen LogP contribution in [0.1, 0.15) is 16.8 Å². The number of benzene rings is 1. The highest BCUT2D eigenvalue weighted by Gasteiger charge is 2.30. The van der Waals surface area contributed by atoms with Crippen molar-refractivity contribution in [1.82, 2.24) is 14.7 Å². The van der Waals surface area contributed by atoms with Gasteiger partial charge in [0.05, 0.1) is 12.2 Å². The van der Waals surface area contributed by atoms with Crippen molar-refractivity contribution in [1.29, 1.82) is 0 Å². The average Bonchev–Trinajstić information content (AvgIpc) is 3.04. The lowest BCUT2D eigenvalue weighted by Crippen LogP contribution is -2.33. The third kappa shape index (κ3) is 5.38. The number of ether oxygens (including phenoxy) is 1. The number of aromatic nitrogens is 2. The van der Waals surface area contributed by atoms with E-state index in [1.807, 2.05) is 35.9 Å². The zero-order valence-electron chi connectivity index (χ0n) is 15.2. The Morgan fingerprint density at radius 3 is 2.68 bits per heavy atom. The van der Waals surface area contributed by atoms with E-state index in [9.17, 15) is 13.2 Å². The fourth-order valence-corrected chi connectivity index (χ4v) is 2.67. The van der Waals surface area contributed by atoms with Crippen molar-refractivity contribution in [2.75, 3.05) is 6.54 Å². The van der Waals surface area contributed by atoms with E-state index in [1.54, 1.807) is 0 Å². The molecule has 0 saturated heterocycles. The topological polar surface area (TPSA) is 76.9 Å². The van der Waals surface area contributed by atoms with Crippen LogP contribution >= 0.6 is 0 Å².